The van der Waals surface area contributed by atoms with E-state index in [0.29, 0.717) is 16.5 Å². The molecule has 0 bridgehead atoms. The second kappa shape index (κ2) is 8.59. The Hall–Kier alpha value is -3.45. The van der Waals surface area contributed by atoms with Gasteiger partial charge in [-0.1, -0.05) is 42.5 Å². The van der Waals surface area contributed by atoms with Crippen molar-refractivity contribution in [1.29, 1.82) is 0 Å². The Morgan fingerprint density at radius 2 is 1.72 bits per heavy atom. The topological polar surface area (TPSA) is 59.4 Å². The molecule has 0 radical (unpaired) electrons. The van der Waals surface area contributed by atoms with Crippen LogP contribution >= 0.6 is 0 Å². The molecule has 7 heteroatoms. The molecule has 164 valence electrons. The largest absolute Gasteiger partial charge is 0.337 e. The van der Waals surface area contributed by atoms with E-state index in [1.807, 2.05) is 37.3 Å². The number of hydrogen-bond acceptors (Lipinski definition) is 3. The van der Waals surface area contributed by atoms with Gasteiger partial charge < -0.3 is 9.47 Å². The lowest BCUT2D eigenvalue weighted by molar-refractivity contribution is -0.118. The molecule has 0 aliphatic heterocycles. The van der Waals surface area contributed by atoms with Crippen molar-refractivity contribution in [2.24, 2.45) is 0 Å². The van der Waals surface area contributed by atoms with Crippen molar-refractivity contribution in [1.82, 2.24) is 4.57 Å². The monoisotopic (exact) mass is 450 g/mol. The molecule has 0 spiro atoms. The summed E-state index contributed by atoms with van der Waals surface area (Å²) in [6, 6.07) is 20.2. The maximum Gasteiger partial charge on any atom is 0.246 e. The van der Waals surface area contributed by atoms with Gasteiger partial charge in [-0.15, -0.1) is 0 Å². The molecule has 0 saturated carbocycles. The first-order chi connectivity index (χ1) is 15.2. The maximum absolute atomic E-state index is 13.2. The molecule has 0 aliphatic rings. The third-order valence-corrected chi connectivity index (χ3v) is 7.13. The zero-order valence-corrected chi connectivity index (χ0v) is 18.6. The highest BCUT2D eigenvalue weighted by molar-refractivity contribution is 7.90. The van der Waals surface area contributed by atoms with Gasteiger partial charge >= 0.3 is 0 Å². The quantitative estimate of drug-likeness (QED) is 0.427. The average molecular weight is 451 g/mol. The molecule has 0 aliphatic carbocycles. The summed E-state index contributed by atoms with van der Waals surface area (Å²) in [7, 11) is -2.01. The number of benzene rings is 3. The Kier molecular flexibility index (Phi) is 5.84. The molecule has 5 nitrogen and oxygen atoms in total. The van der Waals surface area contributed by atoms with Crippen molar-refractivity contribution in [3.8, 4) is 0 Å². The van der Waals surface area contributed by atoms with E-state index >= 15 is 0 Å². The number of carbonyl (C=O) groups excluding carboxylic acids is 1. The Morgan fingerprint density at radius 3 is 2.44 bits per heavy atom. The van der Waals surface area contributed by atoms with Crippen LogP contribution < -0.4 is 4.90 Å². The first kappa shape index (κ1) is 21.8. The molecule has 0 N–H and O–H groups in total. The number of carbonyl (C=O) groups is 1. The molecule has 1 heterocycles. The van der Waals surface area contributed by atoms with Crippen molar-refractivity contribution >= 4 is 32.3 Å². The van der Waals surface area contributed by atoms with E-state index < -0.39 is 15.7 Å². The van der Waals surface area contributed by atoms with Crippen LogP contribution in [0.2, 0.25) is 0 Å². The van der Waals surface area contributed by atoms with Crippen LogP contribution in [0.3, 0.4) is 0 Å². The fourth-order valence-electron chi connectivity index (χ4n) is 3.70. The van der Waals surface area contributed by atoms with Gasteiger partial charge in [0.05, 0.1) is 10.6 Å². The second-order valence-electron chi connectivity index (χ2n) is 7.82. The van der Waals surface area contributed by atoms with E-state index in [0.717, 1.165) is 11.3 Å². The predicted molar refractivity (Wildman–Crippen MR) is 124 cm³/mol. The van der Waals surface area contributed by atoms with Gasteiger partial charge in [-0.05, 0) is 48.4 Å². The molecule has 3 aromatic carbocycles. The van der Waals surface area contributed by atoms with Crippen LogP contribution in [0.15, 0.2) is 83.9 Å². The summed E-state index contributed by atoms with van der Waals surface area (Å²) in [4.78, 5) is 14.7. The number of aromatic nitrogens is 1. The first-order valence-corrected chi connectivity index (χ1v) is 11.8. The van der Waals surface area contributed by atoms with Gasteiger partial charge in [-0.25, -0.2) is 12.8 Å². The number of fused-ring (bicyclic) bond motifs is 1. The molecule has 1 amide bonds. The first-order valence-electron chi connectivity index (χ1n) is 10.1. The minimum atomic E-state index is -3.71. The lowest BCUT2D eigenvalue weighted by atomic mass is 10.2. The summed E-state index contributed by atoms with van der Waals surface area (Å²) in [5, 5.41) is 0.556. The van der Waals surface area contributed by atoms with Gasteiger partial charge in [0.25, 0.3) is 0 Å². The summed E-state index contributed by atoms with van der Waals surface area (Å²) in [5.41, 5.74) is 2.98. The number of amides is 1. The SMILES string of the molecule is Cc1cccc(N(C)C(=O)Cn2cc(S(=O)(=O)Cc3ccc(F)cc3)c3ccccc32)c1. The number of halogens is 1. The fraction of sp³-hybridized carbons (Fsp3) is 0.160. The van der Waals surface area contributed by atoms with E-state index in [1.165, 1.54) is 30.5 Å². The van der Waals surface area contributed by atoms with Crippen LogP contribution in [0.25, 0.3) is 10.9 Å². The standard InChI is InChI=1S/C25H23FN2O3S/c1-18-6-5-7-21(14-18)27(2)25(29)16-28-15-24(22-8-3-4-9-23(22)28)32(30,31)17-19-10-12-20(26)13-11-19/h3-15H,16-17H2,1-2H3. The van der Waals surface area contributed by atoms with Gasteiger partial charge in [0.1, 0.15) is 12.4 Å². The molecule has 0 atom stereocenters. The highest BCUT2D eigenvalue weighted by Gasteiger charge is 2.23. The summed E-state index contributed by atoms with van der Waals surface area (Å²) in [5.74, 6) is -0.837. The van der Waals surface area contributed by atoms with Gasteiger partial charge in [-0.3, -0.25) is 4.79 Å². The summed E-state index contributed by atoms with van der Waals surface area (Å²) >= 11 is 0. The number of para-hydroxylation sites is 1. The summed E-state index contributed by atoms with van der Waals surface area (Å²) in [6.07, 6.45) is 1.52. The van der Waals surface area contributed by atoms with Crippen LogP contribution in [0.5, 0.6) is 0 Å². The zero-order valence-electron chi connectivity index (χ0n) is 17.8. The molecule has 0 unspecified atom stereocenters. The number of nitrogens with zero attached hydrogens (tertiary/aromatic N) is 2. The van der Waals surface area contributed by atoms with E-state index in [4.69, 9.17) is 0 Å². The molecule has 0 fully saturated rings. The second-order valence-corrected chi connectivity index (χ2v) is 9.77. The van der Waals surface area contributed by atoms with Gasteiger partial charge in [0.15, 0.2) is 9.84 Å². The highest BCUT2D eigenvalue weighted by Crippen LogP contribution is 2.28. The number of sulfone groups is 1. The number of anilines is 1. The summed E-state index contributed by atoms with van der Waals surface area (Å²) < 4.78 is 41.2. The number of aryl methyl sites for hydroxylation is 1. The van der Waals surface area contributed by atoms with Gasteiger partial charge in [0.2, 0.25) is 5.91 Å². The molecule has 0 saturated heterocycles. The zero-order chi connectivity index (χ0) is 22.9. The Labute approximate surface area is 186 Å². The third kappa shape index (κ3) is 4.43. The Balaban J connectivity index is 1.67. The molecular formula is C25H23FN2O3S. The normalized spacial score (nSPS) is 11.6. The minimum absolute atomic E-state index is 0.00295. The van der Waals surface area contributed by atoms with Gasteiger partial charge in [0, 0.05) is 29.8 Å². The number of likely N-dealkylation sites (N-methyl/N-ethyl adjacent to an activating group) is 1. The Morgan fingerprint density at radius 1 is 1.00 bits per heavy atom. The smallest absolute Gasteiger partial charge is 0.246 e. The van der Waals surface area contributed by atoms with Crippen molar-refractivity contribution in [3.63, 3.8) is 0 Å². The molecule has 32 heavy (non-hydrogen) atoms. The van der Waals surface area contributed by atoms with Crippen molar-refractivity contribution in [2.75, 3.05) is 11.9 Å². The third-order valence-electron chi connectivity index (χ3n) is 5.43. The maximum atomic E-state index is 13.2. The molecule has 1 aromatic heterocycles. The van der Waals surface area contributed by atoms with E-state index in [1.54, 1.807) is 34.7 Å². The predicted octanol–water partition coefficient (Wildman–Crippen LogP) is 4.73. The lowest BCUT2D eigenvalue weighted by Gasteiger charge is -2.18. The van der Waals surface area contributed by atoms with Gasteiger partial charge in [-0.2, -0.15) is 0 Å². The minimum Gasteiger partial charge on any atom is -0.337 e. The van der Waals surface area contributed by atoms with E-state index in [9.17, 15) is 17.6 Å². The lowest BCUT2D eigenvalue weighted by Crippen LogP contribution is -2.29. The van der Waals surface area contributed by atoms with E-state index in [-0.39, 0.29) is 23.1 Å². The molecule has 4 aromatic rings. The van der Waals surface area contributed by atoms with Crippen molar-refractivity contribution < 1.29 is 17.6 Å². The molecule has 4 rings (SSSR count). The average Bonchev–Trinajstić information content (AvgIpc) is 3.14. The van der Waals surface area contributed by atoms with Crippen LogP contribution in [0, 0.1) is 12.7 Å². The van der Waals surface area contributed by atoms with Crippen molar-refractivity contribution in [3.05, 3.63) is 95.9 Å². The van der Waals surface area contributed by atoms with Crippen LogP contribution in [-0.4, -0.2) is 25.9 Å². The van der Waals surface area contributed by atoms with Crippen molar-refractivity contribution in [2.45, 2.75) is 24.1 Å². The van der Waals surface area contributed by atoms with Crippen LogP contribution in [-0.2, 0) is 26.9 Å². The van der Waals surface area contributed by atoms with Crippen LogP contribution in [0.4, 0.5) is 10.1 Å². The Bertz CT molecular complexity index is 1390. The molecular weight excluding hydrogens is 427 g/mol. The van der Waals surface area contributed by atoms with E-state index in [2.05, 4.69) is 0 Å². The number of hydrogen-bond donors (Lipinski definition) is 0. The summed E-state index contributed by atoms with van der Waals surface area (Å²) in [6.45, 7) is 1.95. The number of rotatable bonds is 6. The van der Waals surface area contributed by atoms with Crippen LogP contribution in [0.1, 0.15) is 11.1 Å². The fourth-order valence-corrected chi connectivity index (χ4v) is 5.28. The highest BCUT2D eigenvalue weighted by atomic mass is 32.2.